The Labute approximate surface area is 108 Å². The maximum Gasteiger partial charge on any atom is 0.294 e. The van der Waals surface area contributed by atoms with Crippen molar-refractivity contribution in [2.24, 2.45) is 22.0 Å². The predicted octanol–water partition coefficient (Wildman–Crippen LogP) is 2.52. The van der Waals surface area contributed by atoms with Crippen molar-refractivity contribution < 1.29 is 9.92 Å². The van der Waals surface area contributed by atoms with Crippen LogP contribution in [0.2, 0.25) is 0 Å². The molecule has 2 aliphatic rings. The van der Waals surface area contributed by atoms with Gasteiger partial charge in [0.25, 0.3) is 5.09 Å². The molecular weight excluding hydrogens is 232 g/mol. The minimum absolute atomic E-state index is 0.0353. The predicted molar refractivity (Wildman–Crippen MR) is 68.3 cm³/mol. The summed E-state index contributed by atoms with van der Waals surface area (Å²) in [6.07, 6.45) is 6.53. The third-order valence-corrected chi connectivity index (χ3v) is 4.91. The molecule has 3 unspecified atom stereocenters. The molecule has 0 amide bonds. The Morgan fingerprint density at radius 1 is 1.28 bits per heavy atom. The van der Waals surface area contributed by atoms with Gasteiger partial charge in [0.1, 0.15) is 6.61 Å². The number of hydrogen-bond acceptors (Lipinski definition) is 4. The van der Waals surface area contributed by atoms with Crippen LogP contribution >= 0.6 is 0 Å². The molecule has 0 aromatic carbocycles. The molecule has 5 heteroatoms. The third kappa shape index (κ3) is 2.60. The van der Waals surface area contributed by atoms with Crippen LogP contribution in [-0.2, 0) is 4.84 Å². The molecule has 0 aromatic heterocycles. The Bertz CT molecular complexity index is 347. The number of fused-ring (bicyclic) bond motifs is 2. The van der Waals surface area contributed by atoms with E-state index in [9.17, 15) is 10.1 Å². The quantitative estimate of drug-likeness (QED) is 0.619. The summed E-state index contributed by atoms with van der Waals surface area (Å²) in [5.41, 5.74) is 6.29. The molecule has 2 N–H and O–H groups in total. The standard InChI is InChI=1S/C13H24N2O3/c1-11-4-3-5-13(7-11,10-18-15(16)17)8-12(2,6-11)9-14/h3-10,14H2,1-2H3. The van der Waals surface area contributed by atoms with E-state index in [1.165, 1.54) is 6.42 Å². The molecule has 2 rings (SSSR count). The number of nitrogens with zero attached hydrogens (tertiary/aromatic N) is 1. The molecule has 0 saturated heterocycles. The molecule has 2 aliphatic carbocycles. The lowest BCUT2D eigenvalue weighted by atomic mass is 9.49. The van der Waals surface area contributed by atoms with Gasteiger partial charge in [0.05, 0.1) is 0 Å². The van der Waals surface area contributed by atoms with E-state index in [-0.39, 0.29) is 22.9 Å². The van der Waals surface area contributed by atoms with Crippen LogP contribution in [-0.4, -0.2) is 18.2 Å². The summed E-state index contributed by atoms with van der Waals surface area (Å²) in [4.78, 5) is 15.2. The van der Waals surface area contributed by atoms with Gasteiger partial charge in [0.15, 0.2) is 0 Å². The topological polar surface area (TPSA) is 78.4 Å². The minimum atomic E-state index is -0.658. The van der Waals surface area contributed by atoms with Crippen LogP contribution in [0.15, 0.2) is 0 Å². The van der Waals surface area contributed by atoms with Crippen LogP contribution in [0.3, 0.4) is 0 Å². The lowest BCUT2D eigenvalue weighted by Crippen LogP contribution is -2.51. The van der Waals surface area contributed by atoms with Gasteiger partial charge in [-0.1, -0.05) is 20.3 Å². The Balaban J connectivity index is 2.19. The summed E-state index contributed by atoms with van der Waals surface area (Å²) in [7, 11) is 0. The maximum atomic E-state index is 10.5. The van der Waals surface area contributed by atoms with E-state index in [0.717, 1.165) is 32.1 Å². The van der Waals surface area contributed by atoms with Crippen molar-refractivity contribution in [3.63, 3.8) is 0 Å². The van der Waals surface area contributed by atoms with Crippen LogP contribution in [0, 0.1) is 26.4 Å². The van der Waals surface area contributed by atoms with Gasteiger partial charge in [0, 0.05) is 0 Å². The average molecular weight is 256 g/mol. The van der Waals surface area contributed by atoms with E-state index in [1.54, 1.807) is 0 Å². The molecule has 3 atom stereocenters. The van der Waals surface area contributed by atoms with Crippen LogP contribution < -0.4 is 5.73 Å². The maximum absolute atomic E-state index is 10.5. The van der Waals surface area contributed by atoms with E-state index in [2.05, 4.69) is 13.8 Å². The molecule has 0 aliphatic heterocycles. The summed E-state index contributed by atoms with van der Waals surface area (Å²) in [6, 6.07) is 0. The minimum Gasteiger partial charge on any atom is -0.330 e. The molecule has 0 heterocycles. The highest BCUT2D eigenvalue weighted by molar-refractivity contribution is 5.03. The summed E-state index contributed by atoms with van der Waals surface area (Å²) >= 11 is 0. The summed E-state index contributed by atoms with van der Waals surface area (Å²) in [6.45, 7) is 5.42. The van der Waals surface area contributed by atoms with E-state index in [1.807, 2.05) is 0 Å². The first-order chi connectivity index (χ1) is 8.31. The van der Waals surface area contributed by atoms with Gasteiger partial charge in [-0.05, 0) is 54.9 Å². The molecule has 0 aromatic rings. The molecule has 0 radical (unpaired) electrons. The Morgan fingerprint density at radius 3 is 2.61 bits per heavy atom. The Hall–Kier alpha value is -0.840. The van der Waals surface area contributed by atoms with Crippen LogP contribution in [0.4, 0.5) is 0 Å². The van der Waals surface area contributed by atoms with Crippen molar-refractivity contribution in [2.75, 3.05) is 13.2 Å². The first-order valence-corrected chi connectivity index (χ1v) is 6.78. The number of hydrogen-bond donors (Lipinski definition) is 1. The molecule has 18 heavy (non-hydrogen) atoms. The van der Waals surface area contributed by atoms with Crippen molar-refractivity contribution in [2.45, 2.75) is 52.4 Å². The fourth-order valence-electron chi connectivity index (χ4n) is 4.78. The highest BCUT2D eigenvalue weighted by Crippen LogP contribution is 2.60. The largest absolute Gasteiger partial charge is 0.330 e. The lowest BCUT2D eigenvalue weighted by molar-refractivity contribution is -0.761. The van der Waals surface area contributed by atoms with Gasteiger partial charge in [-0.25, -0.2) is 0 Å². The monoisotopic (exact) mass is 256 g/mol. The van der Waals surface area contributed by atoms with Crippen molar-refractivity contribution in [1.82, 2.24) is 0 Å². The Morgan fingerprint density at radius 2 is 2.00 bits per heavy atom. The first-order valence-electron chi connectivity index (χ1n) is 6.78. The number of nitrogens with two attached hydrogens (primary N) is 1. The second-order valence-corrected chi connectivity index (χ2v) is 7.21. The average Bonchev–Trinajstić information content (AvgIpc) is 2.24. The van der Waals surface area contributed by atoms with Gasteiger partial charge in [-0.2, -0.15) is 0 Å². The third-order valence-electron chi connectivity index (χ3n) is 4.91. The van der Waals surface area contributed by atoms with E-state index in [0.29, 0.717) is 6.54 Å². The second kappa shape index (κ2) is 4.37. The Kier molecular flexibility index (Phi) is 3.30. The second-order valence-electron chi connectivity index (χ2n) is 7.21. The molecular formula is C13H24N2O3. The first kappa shape index (κ1) is 13.6. The highest BCUT2D eigenvalue weighted by atomic mass is 16.9. The molecule has 0 spiro atoms. The lowest BCUT2D eigenvalue weighted by Gasteiger charge is -2.57. The zero-order valence-electron chi connectivity index (χ0n) is 11.4. The molecule has 2 fully saturated rings. The zero-order valence-corrected chi connectivity index (χ0v) is 11.4. The van der Waals surface area contributed by atoms with Gasteiger partial charge in [0.2, 0.25) is 0 Å². The smallest absolute Gasteiger partial charge is 0.294 e. The van der Waals surface area contributed by atoms with E-state index < -0.39 is 5.09 Å². The van der Waals surface area contributed by atoms with Crippen molar-refractivity contribution in [3.8, 4) is 0 Å². The summed E-state index contributed by atoms with van der Waals surface area (Å²) in [5.74, 6) is 0. The van der Waals surface area contributed by atoms with Gasteiger partial charge >= 0.3 is 0 Å². The van der Waals surface area contributed by atoms with E-state index >= 15 is 0 Å². The summed E-state index contributed by atoms with van der Waals surface area (Å²) < 4.78 is 0. The van der Waals surface area contributed by atoms with Crippen molar-refractivity contribution >= 4 is 0 Å². The SMILES string of the molecule is CC1(CN)CC2(C)CCCC(CO[N+](=O)[O-])(C1)C2. The van der Waals surface area contributed by atoms with Crippen molar-refractivity contribution in [1.29, 1.82) is 0 Å². The molecule has 5 nitrogen and oxygen atoms in total. The van der Waals surface area contributed by atoms with Gasteiger partial charge < -0.3 is 10.6 Å². The van der Waals surface area contributed by atoms with Crippen molar-refractivity contribution in [3.05, 3.63) is 10.1 Å². The van der Waals surface area contributed by atoms with Crippen LogP contribution in [0.1, 0.15) is 52.4 Å². The fourth-order valence-corrected chi connectivity index (χ4v) is 4.78. The normalized spacial score (nSPS) is 43.5. The molecule has 104 valence electrons. The van der Waals surface area contributed by atoms with E-state index in [4.69, 9.17) is 10.6 Å². The van der Waals surface area contributed by atoms with Gasteiger partial charge in [-0.15, -0.1) is 10.1 Å². The summed E-state index contributed by atoms with van der Waals surface area (Å²) in [5, 5.41) is 9.81. The number of rotatable bonds is 4. The van der Waals surface area contributed by atoms with Crippen LogP contribution in [0.25, 0.3) is 0 Å². The fraction of sp³-hybridized carbons (Fsp3) is 1.00. The highest BCUT2D eigenvalue weighted by Gasteiger charge is 2.52. The zero-order chi connectivity index (χ0) is 13.4. The molecule has 2 saturated carbocycles. The van der Waals surface area contributed by atoms with Crippen LogP contribution in [0.5, 0.6) is 0 Å². The molecule has 2 bridgehead atoms. The van der Waals surface area contributed by atoms with Gasteiger partial charge in [-0.3, -0.25) is 0 Å².